The average Bonchev–Trinajstić information content (AvgIpc) is 2.57. The lowest BCUT2D eigenvalue weighted by Crippen LogP contribution is -2.20. The van der Waals surface area contributed by atoms with Crippen LogP contribution in [-0.4, -0.2) is 24.6 Å². The highest BCUT2D eigenvalue weighted by atomic mass is 16.5. The van der Waals surface area contributed by atoms with E-state index in [4.69, 9.17) is 0 Å². The lowest BCUT2D eigenvalue weighted by atomic mass is 9.83. The molecule has 0 aromatic heterocycles. The highest BCUT2D eigenvalue weighted by molar-refractivity contribution is 6.26. The maximum Gasteiger partial charge on any atom is 0.305 e. The topological polar surface area (TPSA) is 60.4 Å². The standard InChI is InChI=1S/C19H20O4/c1-12(9-11-17(20)23-3)8-10-14-13(2)18(21)15-6-4-5-7-16(15)19(14)22/h4-8H,9-11H2,1-3H3/b12-8+. The van der Waals surface area contributed by atoms with E-state index in [1.54, 1.807) is 31.2 Å². The summed E-state index contributed by atoms with van der Waals surface area (Å²) in [5, 5.41) is 0. The zero-order valence-electron chi connectivity index (χ0n) is 13.6. The van der Waals surface area contributed by atoms with Gasteiger partial charge in [-0.3, -0.25) is 14.4 Å². The Bertz CT molecular complexity index is 723. The molecular weight excluding hydrogens is 292 g/mol. The van der Waals surface area contributed by atoms with Crippen LogP contribution < -0.4 is 0 Å². The number of ketones is 2. The van der Waals surface area contributed by atoms with Crippen LogP contribution in [0.15, 0.2) is 47.1 Å². The second-order valence-electron chi connectivity index (χ2n) is 5.64. The number of hydrogen-bond donors (Lipinski definition) is 0. The predicted octanol–water partition coefficient (Wildman–Crippen LogP) is 3.67. The van der Waals surface area contributed by atoms with Gasteiger partial charge in [0.1, 0.15) is 0 Å². The number of carbonyl (C=O) groups is 3. The van der Waals surface area contributed by atoms with Gasteiger partial charge in [-0.1, -0.05) is 35.9 Å². The molecule has 0 atom stereocenters. The number of ether oxygens (including phenoxy) is 1. The normalized spacial score (nSPS) is 14.8. The number of Topliss-reactive ketones (excluding diaryl/α,β-unsaturated/α-hetero) is 2. The van der Waals surface area contributed by atoms with Gasteiger partial charge in [-0.2, -0.15) is 0 Å². The van der Waals surface area contributed by atoms with Gasteiger partial charge < -0.3 is 4.74 Å². The lowest BCUT2D eigenvalue weighted by Gasteiger charge is -2.18. The van der Waals surface area contributed by atoms with E-state index in [1.807, 2.05) is 13.0 Å². The van der Waals surface area contributed by atoms with Crippen LogP contribution in [0.25, 0.3) is 0 Å². The van der Waals surface area contributed by atoms with Crippen molar-refractivity contribution in [1.29, 1.82) is 0 Å². The first-order chi connectivity index (χ1) is 11.0. The summed E-state index contributed by atoms with van der Waals surface area (Å²) in [5.74, 6) is -0.434. The first-order valence-electron chi connectivity index (χ1n) is 7.56. The summed E-state index contributed by atoms with van der Waals surface area (Å²) < 4.78 is 4.61. The minimum atomic E-state index is -0.258. The number of methoxy groups -OCH3 is 1. The molecule has 0 saturated carbocycles. The van der Waals surface area contributed by atoms with Crippen molar-refractivity contribution in [3.63, 3.8) is 0 Å². The smallest absolute Gasteiger partial charge is 0.305 e. The van der Waals surface area contributed by atoms with Gasteiger partial charge in [0.05, 0.1) is 7.11 Å². The molecule has 0 bridgehead atoms. The fourth-order valence-electron chi connectivity index (χ4n) is 2.58. The quantitative estimate of drug-likeness (QED) is 0.615. The third kappa shape index (κ3) is 3.65. The van der Waals surface area contributed by atoms with Crippen molar-refractivity contribution in [3.05, 3.63) is 58.2 Å². The van der Waals surface area contributed by atoms with Crippen LogP contribution in [0.3, 0.4) is 0 Å². The Morgan fingerprint density at radius 1 is 1.09 bits per heavy atom. The molecule has 2 rings (SSSR count). The van der Waals surface area contributed by atoms with E-state index in [0.29, 0.717) is 41.5 Å². The number of rotatable bonds is 5. The summed E-state index contributed by atoms with van der Waals surface area (Å²) in [5.41, 5.74) is 2.98. The first kappa shape index (κ1) is 16.9. The van der Waals surface area contributed by atoms with Gasteiger partial charge in [0, 0.05) is 28.7 Å². The van der Waals surface area contributed by atoms with Crippen molar-refractivity contribution in [1.82, 2.24) is 0 Å². The van der Waals surface area contributed by atoms with Gasteiger partial charge >= 0.3 is 5.97 Å². The van der Waals surface area contributed by atoms with Gasteiger partial charge in [-0.05, 0) is 26.7 Å². The van der Waals surface area contributed by atoms with Gasteiger partial charge in [0.2, 0.25) is 0 Å². The predicted molar refractivity (Wildman–Crippen MR) is 87.4 cm³/mol. The third-order valence-corrected chi connectivity index (χ3v) is 4.09. The Morgan fingerprint density at radius 2 is 1.70 bits per heavy atom. The van der Waals surface area contributed by atoms with Crippen LogP contribution in [0.4, 0.5) is 0 Å². The van der Waals surface area contributed by atoms with Gasteiger partial charge in [-0.25, -0.2) is 0 Å². The Morgan fingerprint density at radius 3 is 2.30 bits per heavy atom. The number of fused-ring (bicyclic) bond motifs is 1. The zero-order chi connectivity index (χ0) is 17.0. The summed E-state index contributed by atoms with van der Waals surface area (Å²) in [6.07, 6.45) is 3.20. The van der Waals surface area contributed by atoms with Gasteiger partial charge in [0.25, 0.3) is 0 Å². The Balaban J connectivity index is 2.17. The average molecular weight is 312 g/mol. The second kappa shape index (κ2) is 7.18. The monoisotopic (exact) mass is 312 g/mol. The summed E-state index contributed by atoms with van der Waals surface area (Å²) in [4.78, 5) is 36.1. The minimum absolute atomic E-state index is 0.0872. The number of hydrogen-bond acceptors (Lipinski definition) is 4. The molecule has 0 saturated heterocycles. The molecule has 120 valence electrons. The molecule has 0 amide bonds. The molecule has 0 radical (unpaired) electrons. The fraction of sp³-hybridized carbons (Fsp3) is 0.316. The first-order valence-corrected chi connectivity index (χ1v) is 7.56. The van der Waals surface area contributed by atoms with E-state index in [-0.39, 0.29) is 17.5 Å². The minimum Gasteiger partial charge on any atom is -0.469 e. The SMILES string of the molecule is COC(=O)CC/C(C)=C/CC1=C(C)C(=O)c2ccccc2C1=O. The summed E-state index contributed by atoms with van der Waals surface area (Å²) >= 11 is 0. The number of esters is 1. The van der Waals surface area contributed by atoms with Crippen molar-refractivity contribution in [3.8, 4) is 0 Å². The lowest BCUT2D eigenvalue weighted by molar-refractivity contribution is -0.140. The van der Waals surface area contributed by atoms with Crippen LogP contribution in [-0.2, 0) is 9.53 Å². The number of benzene rings is 1. The number of allylic oxidation sites excluding steroid dienone is 4. The maximum atomic E-state index is 12.6. The number of carbonyl (C=O) groups excluding carboxylic acids is 3. The third-order valence-electron chi connectivity index (χ3n) is 4.09. The highest BCUT2D eigenvalue weighted by Crippen LogP contribution is 2.28. The molecule has 4 nitrogen and oxygen atoms in total. The van der Waals surface area contributed by atoms with Crippen molar-refractivity contribution in [2.75, 3.05) is 7.11 Å². The van der Waals surface area contributed by atoms with Crippen LogP contribution in [0.1, 0.15) is 53.8 Å². The zero-order valence-corrected chi connectivity index (χ0v) is 13.6. The van der Waals surface area contributed by atoms with E-state index in [2.05, 4.69) is 4.74 Å². The van der Waals surface area contributed by atoms with Crippen molar-refractivity contribution >= 4 is 17.5 Å². The Labute approximate surface area is 135 Å². The van der Waals surface area contributed by atoms with Crippen molar-refractivity contribution in [2.24, 2.45) is 0 Å². The van der Waals surface area contributed by atoms with Crippen molar-refractivity contribution in [2.45, 2.75) is 33.1 Å². The van der Waals surface area contributed by atoms with Crippen molar-refractivity contribution < 1.29 is 19.1 Å². The van der Waals surface area contributed by atoms with Gasteiger partial charge in [-0.15, -0.1) is 0 Å². The van der Waals surface area contributed by atoms with Crippen LogP contribution >= 0.6 is 0 Å². The molecule has 1 aliphatic rings. The van der Waals surface area contributed by atoms with E-state index in [9.17, 15) is 14.4 Å². The molecule has 1 aliphatic carbocycles. The molecule has 0 unspecified atom stereocenters. The molecule has 0 spiro atoms. The Kier molecular flexibility index (Phi) is 5.27. The van der Waals surface area contributed by atoms with Gasteiger partial charge in [0.15, 0.2) is 11.6 Å². The Hall–Kier alpha value is -2.49. The highest BCUT2D eigenvalue weighted by Gasteiger charge is 2.28. The molecule has 23 heavy (non-hydrogen) atoms. The summed E-state index contributed by atoms with van der Waals surface area (Å²) in [6.45, 7) is 3.60. The summed E-state index contributed by atoms with van der Waals surface area (Å²) in [6, 6.07) is 6.90. The summed E-state index contributed by atoms with van der Waals surface area (Å²) in [7, 11) is 1.36. The van der Waals surface area contributed by atoms with E-state index < -0.39 is 0 Å². The molecule has 0 aliphatic heterocycles. The molecule has 0 fully saturated rings. The largest absolute Gasteiger partial charge is 0.469 e. The molecule has 0 N–H and O–H groups in total. The molecule has 1 aromatic carbocycles. The van der Waals surface area contributed by atoms with E-state index in [1.165, 1.54) is 7.11 Å². The van der Waals surface area contributed by atoms with Crippen LogP contribution in [0.2, 0.25) is 0 Å². The molecule has 1 aromatic rings. The fourth-order valence-corrected chi connectivity index (χ4v) is 2.58. The molecule has 0 heterocycles. The molecular formula is C19H20O4. The van der Waals surface area contributed by atoms with E-state index >= 15 is 0 Å². The van der Waals surface area contributed by atoms with Crippen LogP contribution in [0, 0.1) is 0 Å². The second-order valence-corrected chi connectivity index (χ2v) is 5.64. The van der Waals surface area contributed by atoms with E-state index in [0.717, 1.165) is 5.57 Å². The maximum absolute atomic E-state index is 12.6. The molecule has 4 heteroatoms. The van der Waals surface area contributed by atoms with Crippen LogP contribution in [0.5, 0.6) is 0 Å².